The minimum absolute atomic E-state index is 0.00701. The molecule has 0 unspecified atom stereocenters. The number of benzene rings is 2. The Morgan fingerprint density at radius 2 is 1.79 bits per heavy atom. The van der Waals surface area contributed by atoms with Crippen molar-refractivity contribution in [1.29, 1.82) is 0 Å². The number of allylic oxidation sites excluding steroid dienone is 4. The van der Waals surface area contributed by atoms with E-state index in [0.29, 0.717) is 35.5 Å². The fraction of sp³-hybridized carbons (Fsp3) is 0.394. The molecule has 2 heterocycles. The molecule has 2 aromatic rings. The van der Waals surface area contributed by atoms with Crippen LogP contribution in [0.3, 0.4) is 0 Å². The molecule has 2 saturated carbocycles. The summed E-state index contributed by atoms with van der Waals surface area (Å²) in [7, 11) is 2.01. The van der Waals surface area contributed by atoms with Crippen LogP contribution < -0.4 is 0 Å². The number of carbonyl (C=O) groups excluding carboxylic acids is 1. The van der Waals surface area contributed by atoms with Gasteiger partial charge in [0.2, 0.25) is 0 Å². The van der Waals surface area contributed by atoms with Crippen molar-refractivity contribution >= 4 is 17.2 Å². The number of carbonyl (C=O) groups is 1. The van der Waals surface area contributed by atoms with Gasteiger partial charge in [-0.2, -0.15) is 0 Å². The van der Waals surface area contributed by atoms with Gasteiger partial charge < -0.3 is 9.80 Å². The Morgan fingerprint density at radius 3 is 2.47 bits per heavy atom. The highest BCUT2D eigenvalue weighted by molar-refractivity contribution is 6.44. The standard InChI is InChI=1S/C33H36FN3O/c1-20(2)28(27-14-13-25(17-29(27)34)22-9-10-22)18-32-35-30(19-31(36(32)4)24-11-12-24)33(38)37-16-15-23-7-5-6-8-26(23)21(37)3/h5-8,13-14,17-19,21-22,24H,9-12,15-16H2,1-4H3/b32-18-/t21-/m1/s1. The summed E-state index contributed by atoms with van der Waals surface area (Å²) in [6.07, 6.45) is 9.31. The van der Waals surface area contributed by atoms with Crippen LogP contribution in [0.5, 0.6) is 0 Å². The molecular formula is C33H36FN3O. The first-order valence-electron chi connectivity index (χ1n) is 13.9. The van der Waals surface area contributed by atoms with E-state index in [0.717, 1.165) is 54.5 Å². The van der Waals surface area contributed by atoms with Crippen molar-refractivity contribution < 1.29 is 9.18 Å². The summed E-state index contributed by atoms with van der Waals surface area (Å²) in [5.41, 5.74) is 7.62. The summed E-state index contributed by atoms with van der Waals surface area (Å²) >= 11 is 0. The monoisotopic (exact) mass is 509 g/mol. The Labute approximate surface area is 225 Å². The van der Waals surface area contributed by atoms with E-state index in [1.54, 1.807) is 6.07 Å². The van der Waals surface area contributed by atoms with Crippen molar-refractivity contribution in [1.82, 2.24) is 9.80 Å². The van der Waals surface area contributed by atoms with Crippen LogP contribution in [-0.4, -0.2) is 35.0 Å². The Bertz CT molecular complexity index is 1420. The maximum absolute atomic E-state index is 15.3. The van der Waals surface area contributed by atoms with Gasteiger partial charge in [0.25, 0.3) is 5.91 Å². The quantitative estimate of drug-likeness (QED) is 0.429. The van der Waals surface area contributed by atoms with E-state index in [2.05, 4.69) is 36.1 Å². The van der Waals surface area contributed by atoms with Gasteiger partial charge in [0, 0.05) is 24.9 Å². The van der Waals surface area contributed by atoms with Crippen LogP contribution in [0.2, 0.25) is 0 Å². The molecule has 1 amide bonds. The van der Waals surface area contributed by atoms with Gasteiger partial charge in [0.1, 0.15) is 17.3 Å². The lowest BCUT2D eigenvalue weighted by Crippen LogP contribution is -2.43. The molecule has 1 atom stereocenters. The third-order valence-electron chi connectivity index (χ3n) is 8.47. The van der Waals surface area contributed by atoms with Crippen LogP contribution in [0.1, 0.15) is 80.7 Å². The summed E-state index contributed by atoms with van der Waals surface area (Å²) in [4.78, 5) is 22.8. The fourth-order valence-corrected chi connectivity index (χ4v) is 5.85. The zero-order chi connectivity index (χ0) is 26.6. The average Bonchev–Trinajstić information content (AvgIpc) is 3.82. The van der Waals surface area contributed by atoms with Crippen molar-refractivity contribution in [2.45, 2.75) is 64.8 Å². The third kappa shape index (κ3) is 4.63. The van der Waals surface area contributed by atoms with Crippen molar-refractivity contribution in [3.63, 3.8) is 0 Å². The number of hydrogen-bond donors (Lipinski definition) is 0. The third-order valence-corrected chi connectivity index (χ3v) is 8.47. The topological polar surface area (TPSA) is 35.9 Å². The number of hydrogen-bond acceptors (Lipinski definition) is 3. The highest BCUT2D eigenvalue weighted by Gasteiger charge is 2.36. The van der Waals surface area contributed by atoms with Gasteiger partial charge in [-0.1, -0.05) is 42.0 Å². The molecule has 0 spiro atoms. The molecule has 2 aliphatic carbocycles. The molecular weight excluding hydrogens is 473 g/mol. The van der Waals surface area contributed by atoms with Crippen molar-refractivity contribution in [2.24, 2.45) is 10.9 Å². The summed E-state index contributed by atoms with van der Waals surface area (Å²) < 4.78 is 15.3. The first-order valence-corrected chi connectivity index (χ1v) is 13.9. The van der Waals surface area contributed by atoms with Crippen LogP contribution in [0.25, 0.3) is 5.57 Å². The second-order valence-corrected chi connectivity index (χ2v) is 11.5. The lowest BCUT2D eigenvalue weighted by Gasteiger charge is -2.36. The van der Waals surface area contributed by atoms with E-state index < -0.39 is 0 Å². The lowest BCUT2D eigenvalue weighted by atomic mass is 9.93. The van der Waals surface area contributed by atoms with E-state index in [1.165, 1.54) is 11.1 Å². The largest absolute Gasteiger partial charge is 0.333 e. The zero-order valence-electron chi connectivity index (χ0n) is 22.8. The van der Waals surface area contributed by atoms with Gasteiger partial charge in [-0.15, -0.1) is 0 Å². The Morgan fingerprint density at radius 1 is 1.05 bits per heavy atom. The second kappa shape index (κ2) is 9.68. The molecule has 2 aromatic carbocycles. The van der Waals surface area contributed by atoms with E-state index >= 15 is 4.39 Å². The van der Waals surface area contributed by atoms with E-state index in [9.17, 15) is 4.79 Å². The summed E-state index contributed by atoms with van der Waals surface area (Å²) in [6.45, 7) is 6.78. The predicted octanol–water partition coefficient (Wildman–Crippen LogP) is 7.16. The van der Waals surface area contributed by atoms with Crippen LogP contribution >= 0.6 is 0 Å². The molecule has 0 N–H and O–H groups in total. The zero-order valence-corrected chi connectivity index (χ0v) is 22.8. The van der Waals surface area contributed by atoms with Gasteiger partial charge in [-0.25, -0.2) is 9.38 Å². The van der Waals surface area contributed by atoms with Crippen LogP contribution in [-0.2, 0) is 11.2 Å². The molecule has 4 nitrogen and oxygen atoms in total. The van der Waals surface area contributed by atoms with Crippen LogP contribution in [0, 0.1) is 11.7 Å². The SMILES string of the molecule is CC(C)=C(/C=C1/N=C(C(=O)N2CCc3ccccc3[C@H]2C)C=C(C2CC2)N1C)c1ccc(C2CC2)cc1F. The minimum atomic E-state index is -0.194. The number of aliphatic imine (C=N–C) groups is 1. The second-order valence-electron chi connectivity index (χ2n) is 11.5. The first kappa shape index (κ1) is 24.8. The van der Waals surface area contributed by atoms with Crippen LogP contribution in [0.15, 0.2) is 76.7 Å². The van der Waals surface area contributed by atoms with Gasteiger partial charge in [0.15, 0.2) is 0 Å². The Balaban J connectivity index is 1.36. The predicted molar refractivity (Wildman–Crippen MR) is 151 cm³/mol. The summed E-state index contributed by atoms with van der Waals surface area (Å²) in [5, 5.41) is 0. The van der Waals surface area contributed by atoms with Gasteiger partial charge >= 0.3 is 0 Å². The van der Waals surface area contributed by atoms with E-state index in [4.69, 9.17) is 4.99 Å². The number of fused-ring (bicyclic) bond motifs is 1. The van der Waals surface area contributed by atoms with Crippen molar-refractivity contribution in [3.8, 4) is 0 Å². The number of amides is 1. The first-order chi connectivity index (χ1) is 18.3. The molecule has 2 aliphatic heterocycles. The van der Waals surface area contributed by atoms with E-state index in [1.807, 2.05) is 50.1 Å². The Kier molecular flexibility index (Phi) is 6.33. The molecule has 38 heavy (non-hydrogen) atoms. The number of nitrogens with zero attached hydrogens (tertiary/aromatic N) is 3. The number of halogens is 1. The smallest absolute Gasteiger partial charge is 0.273 e. The van der Waals surface area contributed by atoms with Crippen LogP contribution in [0.4, 0.5) is 4.39 Å². The molecule has 2 fully saturated rings. The van der Waals surface area contributed by atoms with Gasteiger partial charge in [-0.05, 0) is 105 Å². The fourth-order valence-electron chi connectivity index (χ4n) is 5.85. The van der Waals surface area contributed by atoms with Crippen molar-refractivity contribution in [3.05, 3.63) is 99.8 Å². The molecule has 196 valence electrons. The van der Waals surface area contributed by atoms with E-state index in [-0.39, 0.29) is 17.8 Å². The molecule has 0 bridgehead atoms. The molecule has 0 saturated heterocycles. The number of rotatable bonds is 5. The van der Waals surface area contributed by atoms with Gasteiger partial charge in [0.05, 0.1) is 6.04 Å². The lowest BCUT2D eigenvalue weighted by molar-refractivity contribution is -0.126. The van der Waals surface area contributed by atoms with Crippen molar-refractivity contribution in [2.75, 3.05) is 13.6 Å². The molecule has 0 radical (unpaired) electrons. The highest BCUT2D eigenvalue weighted by atomic mass is 19.1. The normalized spacial score (nSPS) is 22.1. The summed E-state index contributed by atoms with van der Waals surface area (Å²) in [5.74, 6) is 1.39. The highest BCUT2D eigenvalue weighted by Crippen LogP contribution is 2.43. The Hall–Kier alpha value is -3.47. The maximum atomic E-state index is 15.3. The summed E-state index contributed by atoms with van der Waals surface area (Å²) in [6, 6.07) is 14.0. The maximum Gasteiger partial charge on any atom is 0.273 e. The van der Waals surface area contributed by atoms with Gasteiger partial charge in [-0.3, -0.25) is 4.79 Å². The average molecular weight is 510 g/mol. The molecule has 6 rings (SSSR count). The molecule has 5 heteroatoms. The molecule has 4 aliphatic rings. The molecule has 0 aromatic heterocycles. The minimum Gasteiger partial charge on any atom is -0.333 e.